The third-order valence-corrected chi connectivity index (χ3v) is 6.18. The summed E-state index contributed by atoms with van der Waals surface area (Å²) in [6.07, 6.45) is 1.10. The molecule has 1 N–H and O–H groups in total. The quantitative estimate of drug-likeness (QED) is 0.611. The second-order valence-electron chi connectivity index (χ2n) is 9.93. The Bertz CT molecular complexity index is 1270. The lowest BCUT2D eigenvalue weighted by Crippen LogP contribution is -2.42. The minimum atomic E-state index is -0.450. The van der Waals surface area contributed by atoms with Gasteiger partial charge in [-0.15, -0.1) is 0 Å². The monoisotopic (exact) mass is 460 g/mol. The third kappa shape index (κ3) is 4.88. The number of para-hydroxylation sites is 1. The first kappa shape index (κ1) is 23.7. The number of rotatable bonds is 5. The highest BCUT2D eigenvalue weighted by Gasteiger charge is 2.28. The number of anilines is 1. The second-order valence-corrected chi connectivity index (χ2v) is 9.93. The molecule has 0 aliphatic carbocycles. The molecule has 0 radical (unpaired) electrons. The summed E-state index contributed by atoms with van der Waals surface area (Å²) in [5.74, 6) is 0.528. The first-order valence-corrected chi connectivity index (χ1v) is 11.9. The van der Waals surface area contributed by atoms with E-state index in [1.807, 2.05) is 18.7 Å². The minimum Gasteiger partial charge on any atom is -0.338 e. The maximum atomic E-state index is 13.4. The second kappa shape index (κ2) is 9.79. The molecule has 1 fully saturated rings. The zero-order valence-corrected chi connectivity index (χ0v) is 20.2. The lowest BCUT2D eigenvalue weighted by atomic mass is 9.91. The molecule has 4 rings (SSSR count). The average Bonchev–Trinajstić information content (AvgIpc) is 2.80. The van der Waals surface area contributed by atoms with Crippen molar-refractivity contribution >= 4 is 28.3 Å². The number of hydrogen-bond acceptors (Lipinski definition) is 4. The number of aromatic nitrogens is 2. The molecule has 0 bridgehead atoms. The Kier molecular flexibility index (Phi) is 6.82. The van der Waals surface area contributed by atoms with Gasteiger partial charge in [0.1, 0.15) is 0 Å². The number of benzene rings is 2. The summed E-state index contributed by atoms with van der Waals surface area (Å²) in [7, 11) is 0. The maximum absolute atomic E-state index is 13.4. The summed E-state index contributed by atoms with van der Waals surface area (Å²) in [6.45, 7) is 10.1. The van der Waals surface area contributed by atoms with Gasteiger partial charge in [0.2, 0.25) is 0 Å². The van der Waals surface area contributed by atoms with Crippen molar-refractivity contribution < 1.29 is 9.59 Å². The van der Waals surface area contributed by atoms with Gasteiger partial charge < -0.3 is 10.2 Å². The van der Waals surface area contributed by atoms with Crippen LogP contribution < -0.4 is 10.9 Å². The Hall–Kier alpha value is -3.48. The van der Waals surface area contributed by atoms with E-state index < -0.39 is 5.91 Å². The van der Waals surface area contributed by atoms with Crippen molar-refractivity contribution in [1.82, 2.24) is 14.7 Å². The number of fused-ring (bicyclic) bond motifs is 1. The number of carbonyl (C=O) groups excluding carboxylic acids is 2. The lowest BCUT2D eigenvalue weighted by Gasteiger charge is -2.35. The first-order valence-electron chi connectivity index (χ1n) is 11.9. The van der Waals surface area contributed by atoms with Crippen LogP contribution in [0, 0.1) is 17.8 Å². The highest BCUT2D eigenvalue weighted by molar-refractivity contribution is 6.13. The summed E-state index contributed by atoms with van der Waals surface area (Å²) in [5.41, 5.74) is 0.843. The first-order chi connectivity index (χ1) is 16.2. The van der Waals surface area contributed by atoms with E-state index in [0.29, 0.717) is 53.5 Å². The molecule has 34 heavy (non-hydrogen) atoms. The molecule has 2 amide bonds. The SMILES string of the molecule is CC(C)Cn1nc(C(=O)Nc2ccccc2C(=O)N2CC(C)CC(C)C2)c2ccccc2c1=O. The molecule has 2 atom stereocenters. The van der Waals surface area contributed by atoms with Crippen molar-refractivity contribution in [3.63, 3.8) is 0 Å². The van der Waals surface area contributed by atoms with Crippen LogP contribution in [0.3, 0.4) is 0 Å². The van der Waals surface area contributed by atoms with Gasteiger partial charge in [-0.05, 0) is 42.4 Å². The van der Waals surface area contributed by atoms with Crippen LogP contribution in [0.5, 0.6) is 0 Å². The summed E-state index contributed by atoms with van der Waals surface area (Å²) >= 11 is 0. The zero-order chi connectivity index (χ0) is 24.4. The fraction of sp³-hybridized carbons (Fsp3) is 0.407. The van der Waals surface area contributed by atoms with E-state index in [2.05, 4.69) is 24.3 Å². The van der Waals surface area contributed by atoms with Gasteiger partial charge in [0.15, 0.2) is 5.69 Å². The molecule has 1 saturated heterocycles. The van der Waals surface area contributed by atoms with Crippen molar-refractivity contribution in [2.75, 3.05) is 18.4 Å². The van der Waals surface area contributed by atoms with Crippen molar-refractivity contribution in [3.8, 4) is 0 Å². The van der Waals surface area contributed by atoms with Crippen LogP contribution in [-0.4, -0.2) is 39.6 Å². The van der Waals surface area contributed by atoms with E-state index in [1.165, 1.54) is 4.68 Å². The van der Waals surface area contributed by atoms with Crippen molar-refractivity contribution in [2.24, 2.45) is 17.8 Å². The fourth-order valence-electron chi connectivity index (χ4n) is 4.83. The number of nitrogens with zero attached hydrogens (tertiary/aromatic N) is 3. The van der Waals surface area contributed by atoms with Crippen LogP contribution in [0.4, 0.5) is 5.69 Å². The van der Waals surface area contributed by atoms with Gasteiger partial charge in [0.05, 0.1) is 16.6 Å². The molecule has 1 aromatic heterocycles. The van der Waals surface area contributed by atoms with Gasteiger partial charge in [-0.1, -0.05) is 58.0 Å². The number of hydrogen-bond donors (Lipinski definition) is 1. The molecule has 2 heterocycles. The van der Waals surface area contributed by atoms with Crippen LogP contribution in [-0.2, 0) is 6.54 Å². The number of likely N-dealkylation sites (tertiary alicyclic amines) is 1. The maximum Gasteiger partial charge on any atom is 0.276 e. The van der Waals surface area contributed by atoms with Crippen molar-refractivity contribution in [3.05, 3.63) is 70.1 Å². The molecule has 2 unspecified atom stereocenters. The van der Waals surface area contributed by atoms with E-state index >= 15 is 0 Å². The van der Waals surface area contributed by atoms with Gasteiger partial charge in [-0.3, -0.25) is 14.4 Å². The van der Waals surface area contributed by atoms with E-state index in [-0.39, 0.29) is 23.1 Å². The normalized spacial score (nSPS) is 18.3. The number of amides is 2. The number of piperidine rings is 1. The number of carbonyl (C=O) groups is 2. The standard InChI is InChI=1S/C27H32N4O3/c1-17(2)14-31-27(34)21-10-6-5-9-20(21)24(29-31)25(32)28-23-12-8-7-11-22(23)26(33)30-15-18(3)13-19(4)16-30/h5-12,17-19H,13-16H2,1-4H3,(H,28,32). The predicted molar refractivity (Wildman–Crippen MR) is 134 cm³/mol. The molecule has 1 aliphatic rings. The summed E-state index contributed by atoms with van der Waals surface area (Å²) in [4.78, 5) is 41.6. The average molecular weight is 461 g/mol. The Morgan fingerprint density at radius 1 is 1.00 bits per heavy atom. The predicted octanol–water partition coefficient (Wildman–Crippen LogP) is 4.42. The Labute approximate surface area is 199 Å². The highest BCUT2D eigenvalue weighted by Crippen LogP contribution is 2.25. The molecule has 1 aliphatic heterocycles. The topological polar surface area (TPSA) is 84.3 Å². The molecule has 178 valence electrons. The Balaban J connectivity index is 1.69. The molecule has 7 nitrogen and oxygen atoms in total. The van der Waals surface area contributed by atoms with E-state index in [9.17, 15) is 14.4 Å². The van der Waals surface area contributed by atoms with Crippen LogP contribution in [0.1, 0.15) is 55.0 Å². The third-order valence-electron chi connectivity index (χ3n) is 6.18. The highest BCUT2D eigenvalue weighted by atomic mass is 16.2. The minimum absolute atomic E-state index is 0.0862. The largest absolute Gasteiger partial charge is 0.338 e. The van der Waals surface area contributed by atoms with Gasteiger partial charge in [-0.25, -0.2) is 4.68 Å². The summed E-state index contributed by atoms with van der Waals surface area (Å²) in [5, 5.41) is 8.26. The molecular weight excluding hydrogens is 428 g/mol. The van der Waals surface area contributed by atoms with Crippen LogP contribution in [0.25, 0.3) is 10.8 Å². The summed E-state index contributed by atoms with van der Waals surface area (Å²) < 4.78 is 1.36. The van der Waals surface area contributed by atoms with Gasteiger partial charge in [-0.2, -0.15) is 5.10 Å². The lowest BCUT2D eigenvalue weighted by molar-refractivity contribution is 0.0624. The number of nitrogens with one attached hydrogen (secondary N) is 1. The van der Waals surface area contributed by atoms with Gasteiger partial charge in [0.25, 0.3) is 17.4 Å². The van der Waals surface area contributed by atoms with Gasteiger partial charge >= 0.3 is 0 Å². The molecular formula is C27H32N4O3. The van der Waals surface area contributed by atoms with E-state index in [1.54, 1.807) is 48.5 Å². The van der Waals surface area contributed by atoms with Crippen LogP contribution in [0.15, 0.2) is 53.3 Å². The smallest absolute Gasteiger partial charge is 0.276 e. The van der Waals surface area contributed by atoms with Crippen LogP contribution in [0.2, 0.25) is 0 Å². The molecule has 0 saturated carbocycles. The van der Waals surface area contributed by atoms with E-state index in [0.717, 1.165) is 6.42 Å². The Morgan fingerprint density at radius 2 is 1.62 bits per heavy atom. The van der Waals surface area contributed by atoms with Crippen molar-refractivity contribution in [1.29, 1.82) is 0 Å². The molecule has 0 spiro atoms. The van der Waals surface area contributed by atoms with E-state index in [4.69, 9.17) is 0 Å². The fourth-order valence-corrected chi connectivity index (χ4v) is 4.83. The van der Waals surface area contributed by atoms with Gasteiger partial charge in [0, 0.05) is 25.0 Å². The summed E-state index contributed by atoms with van der Waals surface area (Å²) in [6, 6.07) is 14.1. The molecule has 2 aromatic carbocycles. The Morgan fingerprint density at radius 3 is 2.29 bits per heavy atom. The van der Waals surface area contributed by atoms with Crippen LogP contribution >= 0.6 is 0 Å². The zero-order valence-electron chi connectivity index (χ0n) is 20.2. The van der Waals surface area contributed by atoms with Crippen molar-refractivity contribution in [2.45, 2.75) is 40.7 Å². The molecule has 7 heteroatoms. The molecule has 3 aromatic rings.